The van der Waals surface area contributed by atoms with Crippen molar-refractivity contribution in [3.63, 3.8) is 0 Å². The number of aliphatic hydroxyl groups is 1. The topological polar surface area (TPSA) is 50.7 Å². The molecule has 0 spiro atoms. The third-order valence-corrected chi connectivity index (χ3v) is 2.90. The molecule has 0 aliphatic heterocycles. The molecule has 21 heavy (non-hydrogen) atoms. The van der Waals surface area contributed by atoms with Crippen LogP contribution in [0.1, 0.15) is 0 Å². The van der Waals surface area contributed by atoms with E-state index in [9.17, 15) is 9.50 Å². The summed E-state index contributed by atoms with van der Waals surface area (Å²) in [6.45, 7) is 0.276. The Balaban J connectivity index is 1.82. The number of aliphatic hydroxyl groups excluding tert-OH is 1. The molecule has 0 bridgehead atoms. The van der Waals surface area contributed by atoms with Crippen molar-refractivity contribution in [2.45, 2.75) is 6.10 Å². The second-order valence-electron chi connectivity index (χ2n) is 4.48. The minimum Gasteiger partial charge on any atom is -0.495 e. The Morgan fingerprint density at radius 1 is 1.10 bits per heavy atom. The Labute approximate surface area is 123 Å². The first-order valence-electron chi connectivity index (χ1n) is 6.63. The zero-order chi connectivity index (χ0) is 15.1. The fourth-order valence-corrected chi connectivity index (χ4v) is 1.83. The van der Waals surface area contributed by atoms with Crippen LogP contribution in [0.15, 0.2) is 48.5 Å². The molecule has 5 heteroatoms. The summed E-state index contributed by atoms with van der Waals surface area (Å²) in [5.74, 6) is 0.385. The highest BCUT2D eigenvalue weighted by Gasteiger charge is 2.09. The molecule has 0 radical (unpaired) electrons. The van der Waals surface area contributed by atoms with Gasteiger partial charge in [-0.05, 0) is 24.3 Å². The van der Waals surface area contributed by atoms with Crippen LogP contribution in [-0.4, -0.2) is 31.5 Å². The van der Waals surface area contributed by atoms with Gasteiger partial charge < -0.3 is 19.9 Å². The lowest BCUT2D eigenvalue weighted by atomic mass is 10.2. The molecule has 0 saturated carbocycles. The largest absolute Gasteiger partial charge is 0.495 e. The lowest BCUT2D eigenvalue weighted by Gasteiger charge is -2.15. The van der Waals surface area contributed by atoms with Crippen LogP contribution < -0.4 is 14.8 Å². The van der Waals surface area contributed by atoms with E-state index >= 15 is 0 Å². The first-order chi connectivity index (χ1) is 10.2. The zero-order valence-corrected chi connectivity index (χ0v) is 11.8. The van der Waals surface area contributed by atoms with Crippen molar-refractivity contribution >= 4 is 5.69 Å². The summed E-state index contributed by atoms with van der Waals surface area (Å²) in [4.78, 5) is 0. The van der Waals surface area contributed by atoms with Crippen LogP contribution in [0.5, 0.6) is 11.5 Å². The van der Waals surface area contributed by atoms with E-state index in [0.717, 1.165) is 5.69 Å². The SMILES string of the molecule is COc1ccccc1NCC(O)COc1ccccc1F. The van der Waals surface area contributed by atoms with Gasteiger partial charge in [0.05, 0.1) is 12.8 Å². The van der Waals surface area contributed by atoms with E-state index in [1.165, 1.54) is 12.1 Å². The van der Waals surface area contributed by atoms with Gasteiger partial charge in [-0.25, -0.2) is 4.39 Å². The van der Waals surface area contributed by atoms with Gasteiger partial charge in [0, 0.05) is 6.54 Å². The Morgan fingerprint density at radius 2 is 1.76 bits per heavy atom. The summed E-state index contributed by atoms with van der Waals surface area (Å²) >= 11 is 0. The van der Waals surface area contributed by atoms with Crippen molar-refractivity contribution in [3.8, 4) is 11.5 Å². The van der Waals surface area contributed by atoms with E-state index in [1.807, 2.05) is 24.3 Å². The van der Waals surface area contributed by atoms with Crippen LogP contribution in [0.4, 0.5) is 10.1 Å². The molecule has 0 aromatic heterocycles. The predicted octanol–water partition coefficient (Wildman–Crippen LogP) is 2.69. The molecule has 0 amide bonds. The summed E-state index contributed by atoms with van der Waals surface area (Å²) < 4.78 is 23.8. The number of hydrogen-bond donors (Lipinski definition) is 2. The van der Waals surface area contributed by atoms with Crippen LogP contribution in [0.2, 0.25) is 0 Å². The standard InChI is InChI=1S/C16H18FNO3/c1-20-16-9-5-3-7-14(16)18-10-12(19)11-21-15-8-4-2-6-13(15)17/h2-9,12,18-19H,10-11H2,1H3. The van der Waals surface area contributed by atoms with Gasteiger partial charge in [-0.2, -0.15) is 0 Å². The van der Waals surface area contributed by atoms with Crippen LogP contribution in [0.25, 0.3) is 0 Å². The predicted molar refractivity (Wildman–Crippen MR) is 79.4 cm³/mol. The molecule has 112 valence electrons. The monoisotopic (exact) mass is 291 g/mol. The van der Waals surface area contributed by atoms with Gasteiger partial charge in [0.2, 0.25) is 0 Å². The van der Waals surface area contributed by atoms with Crippen LogP contribution in [0, 0.1) is 5.82 Å². The van der Waals surface area contributed by atoms with Gasteiger partial charge in [0.15, 0.2) is 11.6 Å². The summed E-state index contributed by atoms with van der Waals surface area (Å²) in [5.41, 5.74) is 0.782. The van der Waals surface area contributed by atoms with Crippen molar-refractivity contribution in [2.75, 3.05) is 25.6 Å². The highest BCUT2D eigenvalue weighted by molar-refractivity contribution is 5.56. The van der Waals surface area contributed by atoms with Crippen molar-refractivity contribution in [1.29, 1.82) is 0 Å². The Morgan fingerprint density at radius 3 is 2.48 bits per heavy atom. The van der Waals surface area contributed by atoms with Crippen molar-refractivity contribution in [1.82, 2.24) is 0 Å². The number of benzene rings is 2. The van der Waals surface area contributed by atoms with E-state index < -0.39 is 11.9 Å². The Bertz CT molecular complexity index is 577. The average Bonchev–Trinajstić information content (AvgIpc) is 2.52. The van der Waals surface area contributed by atoms with Gasteiger partial charge in [0.25, 0.3) is 0 Å². The first kappa shape index (κ1) is 15.1. The Kier molecular flexibility index (Phi) is 5.40. The van der Waals surface area contributed by atoms with E-state index in [-0.39, 0.29) is 18.9 Å². The summed E-state index contributed by atoms with van der Waals surface area (Å²) in [6.07, 6.45) is -0.769. The Hall–Kier alpha value is -2.27. The van der Waals surface area contributed by atoms with Crippen molar-refractivity contribution in [3.05, 3.63) is 54.3 Å². The first-order valence-corrected chi connectivity index (χ1v) is 6.63. The van der Waals surface area contributed by atoms with Crippen molar-refractivity contribution in [2.24, 2.45) is 0 Å². The second kappa shape index (κ2) is 7.50. The number of nitrogens with one attached hydrogen (secondary N) is 1. The molecule has 1 unspecified atom stereocenters. The normalized spacial score (nSPS) is 11.8. The minimum atomic E-state index is -0.769. The highest BCUT2D eigenvalue weighted by Crippen LogP contribution is 2.22. The number of anilines is 1. The van der Waals surface area contributed by atoms with E-state index in [2.05, 4.69) is 5.32 Å². The maximum Gasteiger partial charge on any atom is 0.165 e. The lowest BCUT2D eigenvalue weighted by molar-refractivity contribution is 0.115. The number of halogens is 1. The van der Waals surface area contributed by atoms with Crippen LogP contribution >= 0.6 is 0 Å². The third kappa shape index (κ3) is 4.36. The van der Waals surface area contributed by atoms with E-state index in [0.29, 0.717) is 5.75 Å². The molecule has 2 rings (SSSR count). The van der Waals surface area contributed by atoms with Gasteiger partial charge in [-0.15, -0.1) is 0 Å². The molecular weight excluding hydrogens is 273 g/mol. The fourth-order valence-electron chi connectivity index (χ4n) is 1.83. The maximum atomic E-state index is 13.4. The van der Waals surface area contributed by atoms with Gasteiger partial charge in [-0.3, -0.25) is 0 Å². The number of rotatable bonds is 7. The molecule has 2 aromatic carbocycles. The molecule has 2 aromatic rings. The summed E-state index contributed by atoms with van der Waals surface area (Å²) in [7, 11) is 1.58. The molecule has 0 heterocycles. The smallest absolute Gasteiger partial charge is 0.165 e. The maximum absolute atomic E-state index is 13.4. The fraction of sp³-hybridized carbons (Fsp3) is 0.250. The van der Waals surface area contributed by atoms with Gasteiger partial charge in [-0.1, -0.05) is 24.3 Å². The second-order valence-corrected chi connectivity index (χ2v) is 4.48. The molecular formula is C16H18FNO3. The van der Waals surface area contributed by atoms with Gasteiger partial charge >= 0.3 is 0 Å². The van der Waals surface area contributed by atoms with Crippen LogP contribution in [-0.2, 0) is 0 Å². The average molecular weight is 291 g/mol. The quantitative estimate of drug-likeness (QED) is 0.823. The molecule has 1 atom stereocenters. The summed E-state index contributed by atoms with van der Waals surface area (Å²) in [5, 5.41) is 12.9. The van der Waals surface area contributed by atoms with E-state index in [1.54, 1.807) is 19.2 Å². The van der Waals surface area contributed by atoms with E-state index in [4.69, 9.17) is 9.47 Å². The molecule has 0 fully saturated rings. The van der Waals surface area contributed by atoms with Crippen molar-refractivity contribution < 1.29 is 19.0 Å². The number of hydrogen-bond acceptors (Lipinski definition) is 4. The molecule has 0 saturated heterocycles. The molecule has 0 aliphatic rings. The highest BCUT2D eigenvalue weighted by atomic mass is 19.1. The number of methoxy groups -OCH3 is 1. The zero-order valence-electron chi connectivity index (χ0n) is 11.8. The number of para-hydroxylation sites is 3. The lowest BCUT2D eigenvalue weighted by Crippen LogP contribution is -2.26. The molecule has 4 nitrogen and oxygen atoms in total. The minimum absolute atomic E-state index is 0.00306. The third-order valence-electron chi connectivity index (χ3n) is 2.90. The number of ether oxygens (including phenoxy) is 2. The summed E-state index contributed by atoms with van der Waals surface area (Å²) in [6, 6.07) is 13.5. The molecule has 2 N–H and O–H groups in total. The van der Waals surface area contributed by atoms with Gasteiger partial charge in [0.1, 0.15) is 18.5 Å². The molecule has 0 aliphatic carbocycles. The van der Waals surface area contributed by atoms with Crippen LogP contribution in [0.3, 0.4) is 0 Å².